The summed E-state index contributed by atoms with van der Waals surface area (Å²) in [5.74, 6) is -0.160. The van der Waals surface area contributed by atoms with Gasteiger partial charge in [-0.1, -0.05) is 0 Å². The SMILES string of the molecule is Cc1ccc2[nH]c(-c3ccc(F)cc3O)nc2n1. The molecule has 18 heavy (non-hydrogen) atoms. The van der Waals surface area contributed by atoms with E-state index in [1.165, 1.54) is 12.1 Å². The summed E-state index contributed by atoms with van der Waals surface area (Å²) in [5.41, 5.74) is 2.67. The molecule has 0 fully saturated rings. The molecule has 0 bridgehead atoms. The normalized spacial score (nSPS) is 11.0. The number of H-pyrrole nitrogens is 1. The molecule has 3 rings (SSSR count). The fourth-order valence-corrected chi connectivity index (χ4v) is 1.82. The van der Waals surface area contributed by atoms with Crippen LogP contribution in [-0.2, 0) is 0 Å². The van der Waals surface area contributed by atoms with E-state index < -0.39 is 5.82 Å². The van der Waals surface area contributed by atoms with Crippen molar-refractivity contribution in [1.29, 1.82) is 0 Å². The summed E-state index contributed by atoms with van der Waals surface area (Å²) in [4.78, 5) is 11.6. The molecule has 0 unspecified atom stereocenters. The van der Waals surface area contributed by atoms with Gasteiger partial charge in [0.15, 0.2) is 5.65 Å². The van der Waals surface area contributed by atoms with Gasteiger partial charge in [0.1, 0.15) is 17.4 Å². The molecular formula is C13H10FN3O. The number of nitrogens with one attached hydrogen (secondary N) is 1. The van der Waals surface area contributed by atoms with Crippen LogP contribution in [0.25, 0.3) is 22.6 Å². The Morgan fingerprint density at radius 3 is 2.78 bits per heavy atom. The highest BCUT2D eigenvalue weighted by molar-refractivity contribution is 5.77. The van der Waals surface area contributed by atoms with Crippen LogP contribution >= 0.6 is 0 Å². The molecule has 0 atom stereocenters. The predicted octanol–water partition coefficient (Wildman–Crippen LogP) is 2.78. The first-order valence-electron chi connectivity index (χ1n) is 5.46. The third kappa shape index (κ3) is 1.69. The van der Waals surface area contributed by atoms with Crippen LogP contribution in [0.15, 0.2) is 30.3 Å². The monoisotopic (exact) mass is 243 g/mol. The van der Waals surface area contributed by atoms with Crippen molar-refractivity contribution in [2.45, 2.75) is 6.92 Å². The van der Waals surface area contributed by atoms with Gasteiger partial charge in [-0.15, -0.1) is 0 Å². The van der Waals surface area contributed by atoms with Crippen LogP contribution in [0, 0.1) is 12.7 Å². The maximum Gasteiger partial charge on any atom is 0.178 e. The van der Waals surface area contributed by atoms with Gasteiger partial charge in [-0.05, 0) is 31.2 Å². The summed E-state index contributed by atoms with van der Waals surface area (Å²) >= 11 is 0. The molecule has 0 saturated carbocycles. The number of pyridine rings is 1. The Morgan fingerprint density at radius 1 is 1.17 bits per heavy atom. The summed E-state index contributed by atoms with van der Waals surface area (Å²) in [5, 5.41) is 9.70. The van der Waals surface area contributed by atoms with E-state index in [1.54, 1.807) is 0 Å². The molecule has 0 radical (unpaired) electrons. The second-order valence-electron chi connectivity index (χ2n) is 4.07. The number of phenolic OH excluding ortho intramolecular Hbond substituents is 1. The van der Waals surface area contributed by atoms with Crippen molar-refractivity contribution in [3.8, 4) is 17.1 Å². The first kappa shape index (κ1) is 10.7. The van der Waals surface area contributed by atoms with E-state index >= 15 is 0 Å². The Bertz CT molecular complexity index is 736. The molecule has 2 aromatic heterocycles. The summed E-state index contributed by atoms with van der Waals surface area (Å²) in [6.07, 6.45) is 0. The molecule has 4 nitrogen and oxygen atoms in total. The predicted molar refractivity (Wildman–Crippen MR) is 65.7 cm³/mol. The Morgan fingerprint density at radius 2 is 2.00 bits per heavy atom. The Hall–Kier alpha value is -2.43. The molecule has 0 saturated heterocycles. The minimum atomic E-state index is -0.485. The molecule has 0 amide bonds. The smallest absolute Gasteiger partial charge is 0.178 e. The first-order chi connectivity index (χ1) is 8.63. The zero-order valence-corrected chi connectivity index (χ0v) is 9.61. The number of imidazole rings is 1. The van der Waals surface area contributed by atoms with Crippen molar-refractivity contribution >= 4 is 11.2 Å². The average molecular weight is 243 g/mol. The van der Waals surface area contributed by atoms with Crippen LogP contribution in [0.1, 0.15) is 5.69 Å². The van der Waals surface area contributed by atoms with Gasteiger partial charge in [-0.3, -0.25) is 0 Å². The quantitative estimate of drug-likeness (QED) is 0.690. The number of benzene rings is 1. The van der Waals surface area contributed by atoms with Gasteiger partial charge in [0.25, 0.3) is 0 Å². The number of halogens is 1. The highest BCUT2D eigenvalue weighted by Gasteiger charge is 2.10. The van der Waals surface area contributed by atoms with Crippen LogP contribution in [0.4, 0.5) is 4.39 Å². The molecule has 2 N–H and O–H groups in total. The van der Waals surface area contributed by atoms with E-state index in [0.717, 1.165) is 17.3 Å². The molecule has 90 valence electrons. The number of aromatic amines is 1. The topological polar surface area (TPSA) is 61.8 Å². The molecular weight excluding hydrogens is 233 g/mol. The Kier molecular flexibility index (Phi) is 2.26. The van der Waals surface area contributed by atoms with E-state index in [2.05, 4.69) is 15.0 Å². The van der Waals surface area contributed by atoms with E-state index in [1.807, 2.05) is 19.1 Å². The number of fused-ring (bicyclic) bond motifs is 1. The second-order valence-corrected chi connectivity index (χ2v) is 4.07. The fraction of sp³-hybridized carbons (Fsp3) is 0.0769. The average Bonchev–Trinajstić information content (AvgIpc) is 2.71. The Balaban J connectivity index is 2.19. The maximum absolute atomic E-state index is 12.9. The van der Waals surface area contributed by atoms with Crippen molar-refractivity contribution in [2.24, 2.45) is 0 Å². The number of phenols is 1. The van der Waals surface area contributed by atoms with Gasteiger partial charge in [0.05, 0.1) is 11.1 Å². The van der Waals surface area contributed by atoms with Crippen LogP contribution in [0.3, 0.4) is 0 Å². The zero-order valence-electron chi connectivity index (χ0n) is 9.61. The third-order valence-corrected chi connectivity index (χ3v) is 2.70. The standard InChI is InChI=1S/C13H10FN3O/c1-7-2-5-10-13(15-7)17-12(16-10)9-4-3-8(14)6-11(9)18/h2-6,18H,1H3,(H,15,16,17). The van der Waals surface area contributed by atoms with Crippen LogP contribution in [0.5, 0.6) is 5.75 Å². The van der Waals surface area contributed by atoms with Gasteiger partial charge in [-0.2, -0.15) is 0 Å². The molecule has 0 aliphatic carbocycles. The lowest BCUT2D eigenvalue weighted by Gasteiger charge is -2.00. The number of nitrogens with zero attached hydrogens (tertiary/aromatic N) is 2. The maximum atomic E-state index is 12.9. The first-order valence-corrected chi connectivity index (χ1v) is 5.46. The van der Waals surface area contributed by atoms with Crippen LogP contribution < -0.4 is 0 Å². The summed E-state index contributed by atoms with van der Waals surface area (Å²) in [6.45, 7) is 1.88. The highest BCUT2D eigenvalue weighted by atomic mass is 19.1. The Labute approximate surface area is 102 Å². The van der Waals surface area contributed by atoms with Crippen molar-refractivity contribution in [3.05, 3.63) is 41.8 Å². The largest absolute Gasteiger partial charge is 0.507 e. The minimum Gasteiger partial charge on any atom is -0.507 e. The van der Waals surface area contributed by atoms with Crippen molar-refractivity contribution in [3.63, 3.8) is 0 Å². The molecule has 3 aromatic rings. The lowest BCUT2D eigenvalue weighted by atomic mass is 10.2. The fourth-order valence-electron chi connectivity index (χ4n) is 1.82. The van der Waals surface area contributed by atoms with Gasteiger partial charge >= 0.3 is 0 Å². The van der Waals surface area contributed by atoms with Gasteiger partial charge < -0.3 is 10.1 Å². The lowest BCUT2D eigenvalue weighted by molar-refractivity contribution is 0.471. The molecule has 2 heterocycles. The lowest BCUT2D eigenvalue weighted by Crippen LogP contribution is -1.83. The van der Waals surface area contributed by atoms with E-state index in [9.17, 15) is 9.50 Å². The van der Waals surface area contributed by atoms with Crippen molar-refractivity contribution in [1.82, 2.24) is 15.0 Å². The van der Waals surface area contributed by atoms with Gasteiger partial charge in [-0.25, -0.2) is 14.4 Å². The zero-order chi connectivity index (χ0) is 12.7. The molecule has 1 aromatic carbocycles. The number of aromatic nitrogens is 3. The van der Waals surface area contributed by atoms with Gasteiger partial charge in [0, 0.05) is 11.8 Å². The van der Waals surface area contributed by atoms with Crippen molar-refractivity contribution in [2.75, 3.05) is 0 Å². The van der Waals surface area contributed by atoms with E-state index in [4.69, 9.17) is 0 Å². The summed E-state index contributed by atoms with van der Waals surface area (Å²) in [6, 6.07) is 7.56. The summed E-state index contributed by atoms with van der Waals surface area (Å²) in [7, 11) is 0. The highest BCUT2D eigenvalue weighted by Crippen LogP contribution is 2.28. The molecule has 0 spiro atoms. The van der Waals surface area contributed by atoms with E-state index in [0.29, 0.717) is 17.0 Å². The van der Waals surface area contributed by atoms with E-state index in [-0.39, 0.29) is 5.75 Å². The number of aryl methyl sites for hydroxylation is 1. The van der Waals surface area contributed by atoms with Crippen LogP contribution in [0.2, 0.25) is 0 Å². The number of aromatic hydroxyl groups is 1. The van der Waals surface area contributed by atoms with Gasteiger partial charge in [0.2, 0.25) is 0 Å². The third-order valence-electron chi connectivity index (χ3n) is 2.70. The number of hydrogen-bond acceptors (Lipinski definition) is 3. The molecule has 0 aliphatic heterocycles. The minimum absolute atomic E-state index is 0.147. The van der Waals surface area contributed by atoms with Crippen LogP contribution in [-0.4, -0.2) is 20.1 Å². The van der Waals surface area contributed by atoms with Crippen molar-refractivity contribution < 1.29 is 9.50 Å². The molecule has 5 heteroatoms. The summed E-state index contributed by atoms with van der Waals surface area (Å²) < 4.78 is 12.9. The number of hydrogen-bond donors (Lipinski definition) is 2. The second kappa shape index (κ2) is 3.80. The molecule has 0 aliphatic rings. The number of rotatable bonds is 1.